The Morgan fingerprint density at radius 2 is 2.28 bits per heavy atom. The molecule has 0 atom stereocenters. The number of benzene rings is 1. The number of hydrogen-bond donors (Lipinski definition) is 1. The SMILES string of the molecule is Cc1nc2c(s1)CN(C(=O)c1cc3cccc(OC(F)F)c3[nH]1)CC2. The van der Waals surface area contributed by atoms with Gasteiger partial charge in [0.05, 0.1) is 22.8 Å². The second-order valence-corrected chi connectivity index (χ2v) is 7.15. The molecule has 0 unspecified atom stereocenters. The van der Waals surface area contributed by atoms with Crippen LogP contribution in [0, 0.1) is 6.92 Å². The second-order valence-electron chi connectivity index (χ2n) is 5.86. The number of rotatable bonds is 3. The van der Waals surface area contributed by atoms with Crippen molar-refractivity contribution in [3.05, 3.63) is 45.5 Å². The molecule has 1 aromatic carbocycles. The summed E-state index contributed by atoms with van der Waals surface area (Å²) in [5, 5.41) is 1.66. The third kappa shape index (κ3) is 2.97. The molecule has 0 saturated carbocycles. The van der Waals surface area contributed by atoms with Gasteiger partial charge >= 0.3 is 6.61 Å². The molecule has 1 N–H and O–H groups in total. The second kappa shape index (κ2) is 6.11. The van der Waals surface area contributed by atoms with Crippen molar-refractivity contribution in [1.29, 1.82) is 0 Å². The zero-order chi connectivity index (χ0) is 17.6. The number of para-hydroxylation sites is 1. The van der Waals surface area contributed by atoms with Crippen LogP contribution in [0.3, 0.4) is 0 Å². The number of H-pyrrole nitrogens is 1. The van der Waals surface area contributed by atoms with Gasteiger partial charge in [-0.15, -0.1) is 11.3 Å². The van der Waals surface area contributed by atoms with Gasteiger partial charge in [-0.2, -0.15) is 8.78 Å². The van der Waals surface area contributed by atoms with Crippen LogP contribution >= 0.6 is 11.3 Å². The summed E-state index contributed by atoms with van der Waals surface area (Å²) in [6, 6.07) is 6.49. The molecule has 1 amide bonds. The number of ether oxygens (including phenoxy) is 1. The predicted molar refractivity (Wildman–Crippen MR) is 90.2 cm³/mol. The molecular weight excluding hydrogens is 348 g/mol. The van der Waals surface area contributed by atoms with Gasteiger partial charge in [0, 0.05) is 23.2 Å². The first-order chi connectivity index (χ1) is 12.0. The van der Waals surface area contributed by atoms with E-state index in [4.69, 9.17) is 0 Å². The summed E-state index contributed by atoms with van der Waals surface area (Å²) in [5.41, 5.74) is 1.83. The van der Waals surface area contributed by atoms with Crippen molar-refractivity contribution in [2.45, 2.75) is 26.5 Å². The van der Waals surface area contributed by atoms with Crippen molar-refractivity contribution in [1.82, 2.24) is 14.9 Å². The van der Waals surface area contributed by atoms with Gasteiger partial charge in [-0.1, -0.05) is 12.1 Å². The van der Waals surface area contributed by atoms with Crippen molar-refractivity contribution in [3.63, 3.8) is 0 Å². The normalized spacial score (nSPS) is 14.2. The zero-order valence-electron chi connectivity index (χ0n) is 13.4. The van der Waals surface area contributed by atoms with Crippen molar-refractivity contribution in [3.8, 4) is 5.75 Å². The summed E-state index contributed by atoms with van der Waals surface area (Å²) in [6.45, 7) is 0.153. The van der Waals surface area contributed by atoms with E-state index in [0.717, 1.165) is 22.0 Å². The lowest BCUT2D eigenvalue weighted by molar-refractivity contribution is -0.0489. The number of alkyl halides is 2. The van der Waals surface area contributed by atoms with E-state index in [1.807, 2.05) is 6.92 Å². The molecule has 0 aliphatic carbocycles. The Hall–Kier alpha value is -2.48. The van der Waals surface area contributed by atoms with Gasteiger partial charge in [0.25, 0.3) is 5.91 Å². The fraction of sp³-hybridized carbons (Fsp3) is 0.294. The number of carbonyl (C=O) groups is 1. The largest absolute Gasteiger partial charge is 0.433 e. The fourth-order valence-corrected chi connectivity index (χ4v) is 4.10. The standard InChI is InChI=1S/C17H15F2N3O2S/c1-9-20-11-5-6-22(8-14(11)25-9)16(23)12-7-10-3-2-4-13(15(10)21-12)24-17(18)19/h2-4,7,17,21H,5-6,8H2,1H3. The van der Waals surface area contributed by atoms with E-state index in [0.29, 0.717) is 29.7 Å². The Balaban J connectivity index is 1.62. The van der Waals surface area contributed by atoms with Gasteiger partial charge in [0.15, 0.2) is 0 Å². The number of halogens is 2. The average Bonchev–Trinajstić information content (AvgIpc) is 3.15. The number of fused-ring (bicyclic) bond motifs is 2. The van der Waals surface area contributed by atoms with Crippen molar-refractivity contribution in [2.24, 2.45) is 0 Å². The van der Waals surface area contributed by atoms with Crippen molar-refractivity contribution >= 4 is 28.1 Å². The number of aromatic nitrogens is 2. The zero-order valence-corrected chi connectivity index (χ0v) is 14.2. The lowest BCUT2D eigenvalue weighted by Crippen LogP contribution is -2.35. The number of hydrogen-bond acceptors (Lipinski definition) is 4. The van der Waals surface area contributed by atoms with Crippen LogP contribution in [-0.2, 0) is 13.0 Å². The van der Waals surface area contributed by atoms with E-state index in [1.165, 1.54) is 6.07 Å². The summed E-state index contributed by atoms with van der Waals surface area (Å²) in [7, 11) is 0. The molecule has 1 aliphatic rings. The number of carbonyl (C=O) groups excluding carboxylic acids is 1. The van der Waals surface area contributed by atoms with Crippen LogP contribution in [0.25, 0.3) is 10.9 Å². The third-order valence-corrected chi connectivity index (χ3v) is 5.19. The monoisotopic (exact) mass is 363 g/mol. The van der Waals surface area contributed by atoms with E-state index in [9.17, 15) is 13.6 Å². The molecule has 1 aliphatic heterocycles. The van der Waals surface area contributed by atoms with Gasteiger partial charge in [-0.25, -0.2) is 4.98 Å². The number of nitrogens with one attached hydrogen (secondary N) is 1. The van der Waals surface area contributed by atoms with Crippen LogP contribution in [0.2, 0.25) is 0 Å². The maximum absolute atomic E-state index is 12.8. The molecule has 0 radical (unpaired) electrons. The van der Waals surface area contributed by atoms with Crippen LogP contribution in [0.15, 0.2) is 24.3 Å². The minimum absolute atomic E-state index is 0.0329. The molecule has 4 rings (SSSR count). The number of thiazole rings is 1. The van der Waals surface area contributed by atoms with Gasteiger partial charge in [-0.3, -0.25) is 4.79 Å². The molecule has 0 spiro atoms. The van der Waals surface area contributed by atoms with Gasteiger partial charge in [-0.05, 0) is 19.1 Å². The molecule has 0 bridgehead atoms. The third-order valence-electron chi connectivity index (χ3n) is 4.19. The Kier molecular flexibility index (Phi) is 3.91. The van der Waals surface area contributed by atoms with E-state index in [1.54, 1.807) is 34.4 Å². The Morgan fingerprint density at radius 1 is 1.44 bits per heavy atom. The van der Waals surface area contributed by atoms with Crippen LogP contribution in [0.4, 0.5) is 8.78 Å². The summed E-state index contributed by atoms with van der Waals surface area (Å²) in [6.07, 6.45) is 0.728. The smallest absolute Gasteiger partial charge is 0.387 e. The molecule has 25 heavy (non-hydrogen) atoms. The highest BCUT2D eigenvalue weighted by Crippen LogP contribution is 2.29. The highest BCUT2D eigenvalue weighted by atomic mass is 32.1. The number of aromatic amines is 1. The van der Waals surface area contributed by atoms with E-state index >= 15 is 0 Å². The quantitative estimate of drug-likeness (QED) is 0.771. The van der Waals surface area contributed by atoms with Crippen LogP contribution in [0.5, 0.6) is 5.75 Å². The maximum Gasteiger partial charge on any atom is 0.387 e. The Bertz CT molecular complexity index is 951. The summed E-state index contributed by atoms with van der Waals surface area (Å²) in [4.78, 5) is 23.1. The molecule has 3 heterocycles. The molecular formula is C17H15F2N3O2S. The minimum atomic E-state index is -2.91. The molecule has 130 valence electrons. The topological polar surface area (TPSA) is 58.2 Å². The van der Waals surface area contributed by atoms with E-state index < -0.39 is 6.61 Å². The van der Waals surface area contributed by atoms with Crippen LogP contribution < -0.4 is 4.74 Å². The first-order valence-corrected chi connectivity index (χ1v) is 8.64. The minimum Gasteiger partial charge on any atom is -0.433 e. The summed E-state index contributed by atoms with van der Waals surface area (Å²) >= 11 is 1.60. The lowest BCUT2D eigenvalue weighted by atomic mass is 10.1. The van der Waals surface area contributed by atoms with Crippen LogP contribution in [-0.4, -0.2) is 33.9 Å². The van der Waals surface area contributed by atoms with E-state index in [2.05, 4.69) is 14.7 Å². The highest BCUT2D eigenvalue weighted by molar-refractivity contribution is 7.11. The highest BCUT2D eigenvalue weighted by Gasteiger charge is 2.25. The molecule has 5 nitrogen and oxygen atoms in total. The van der Waals surface area contributed by atoms with Gasteiger partial charge in [0.1, 0.15) is 11.4 Å². The maximum atomic E-state index is 12.8. The Labute approximate surface area is 146 Å². The fourth-order valence-electron chi connectivity index (χ4n) is 3.11. The van der Waals surface area contributed by atoms with Gasteiger partial charge < -0.3 is 14.6 Å². The van der Waals surface area contributed by atoms with Crippen molar-refractivity contribution in [2.75, 3.05) is 6.54 Å². The predicted octanol–water partition coefficient (Wildman–Crippen LogP) is 3.73. The summed E-state index contributed by atoms with van der Waals surface area (Å²) < 4.78 is 29.6. The number of amides is 1. The molecule has 0 fully saturated rings. The molecule has 3 aromatic rings. The average molecular weight is 363 g/mol. The van der Waals surface area contributed by atoms with Crippen LogP contribution in [0.1, 0.15) is 26.1 Å². The van der Waals surface area contributed by atoms with Gasteiger partial charge in [0.2, 0.25) is 0 Å². The Morgan fingerprint density at radius 3 is 3.08 bits per heavy atom. The number of aryl methyl sites for hydroxylation is 1. The van der Waals surface area contributed by atoms with Crippen molar-refractivity contribution < 1.29 is 18.3 Å². The molecule has 0 saturated heterocycles. The van der Waals surface area contributed by atoms with E-state index in [-0.39, 0.29) is 11.7 Å². The molecule has 8 heteroatoms. The lowest BCUT2D eigenvalue weighted by Gasteiger charge is -2.25. The first kappa shape index (κ1) is 16.0. The first-order valence-electron chi connectivity index (χ1n) is 7.82. The summed E-state index contributed by atoms with van der Waals surface area (Å²) in [5.74, 6) is -0.124. The molecule has 2 aromatic heterocycles. The number of nitrogens with zero attached hydrogens (tertiary/aromatic N) is 2.